The molecule has 0 N–H and O–H groups in total. The van der Waals surface area contributed by atoms with E-state index in [0.717, 1.165) is 16.2 Å². The van der Waals surface area contributed by atoms with Gasteiger partial charge in [-0.15, -0.1) is 0 Å². The van der Waals surface area contributed by atoms with E-state index in [1.54, 1.807) is 20.2 Å². The Balaban J connectivity index is 1.69. The van der Waals surface area contributed by atoms with Crippen LogP contribution in [-0.2, 0) is 11.3 Å². The molecule has 2 aromatic carbocycles. The minimum Gasteiger partial charge on any atom is -0.497 e. The Bertz CT molecular complexity index is 1070. The molecule has 0 spiro atoms. The van der Waals surface area contributed by atoms with Gasteiger partial charge in [0.15, 0.2) is 0 Å². The highest BCUT2D eigenvalue weighted by molar-refractivity contribution is 8.00. The van der Waals surface area contributed by atoms with Crippen molar-refractivity contribution >= 4 is 36.1 Å². The van der Waals surface area contributed by atoms with Crippen LogP contribution in [0.25, 0.3) is 0 Å². The topological polar surface area (TPSA) is 65.5 Å². The molecule has 0 radical (unpaired) electrons. The lowest BCUT2D eigenvalue weighted by atomic mass is 10.2. The fourth-order valence-corrected chi connectivity index (χ4v) is 4.12. The van der Waals surface area contributed by atoms with E-state index < -0.39 is 23.5 Å². The van der Waals surface area contributed by atoms with Crippen LogP contribution in [0.15, 0.2) is 70.8 Å². The van der Waals surface area contributed by atoms with Gasteiger partial charge in [-0.05, 0) is 67.4 Å². The molecule has 3 amide bonds. The Morgan fingerprint density at radius 1 is 1.14 bits per heavy atom. The van der Waals surface area contributed by atoms with Gasteiger partial charge in [0.2, 0.25) is 0 Å². The molecule has 7 nitrogen and oxygen atoms in total. The van der Waals surface area contributed by atoms with E-state index in [4.69, 9.17) is 4.74 Å². The van der Waals surface area contributed by atoms with Crippen LogP contribution in [0.2, 0.25) is 0 Å². The number of thioether (sulfide) groups is 1. The van der Waals surface area contributed by atoms with Gasteiger partial charge < -0.3 is 14.5 Å². The zero-order valence-corrected chi connectivity index (χ0v) is 20.1. The number of carbonyl (C=O) groups excluding carboxylic acids is 2. The number of hydrogen-bond donors (Lipinski definition) is 0. The van der Waals surface area contributed by atoms with Crippen LogP contribution >= 0.6 is 11.8 Å². The number of halogens is 3. The van der Waals surface area contributed by atoms with Gasteiger partial charge in [-0.1, -0.05) is 12.1 Å². The summed E-state index contributed by atoms with van der Waals surface area (Å²) in [4.78, 5) is 34.0. The van der Waals surface area contributed by atoms with E-state index in [9.17, 15) is 22.8 Å². The number of rotatable bonds is 10. The monoisotopic (exact) mass is 506 g/mol. The maximum Gasteiger partial charge on any atom is 0.446 e. The Labute approximate surface area is 205 Å². The first-order valence-corrected chi connectivity index (χ1v) is 11.4. The van der Waals surface area contributed by atoms with Crippen LogP contribution in [0.3, 0.4) is 0 Å². The minimum atomic E-state index is -4.42. The fraction of sp³-hybridized carbons (Fsp3) is 0.292. The summed E-state index contributed by atoms with van der Waals surface area (Å²) >= 11 is -0.255. The summed E-state index contributed by atoms with van der Waals surface area (Å²) < 4.78 is 42.9. The number of hydrogen-bond acceptors (Lipinski definition) is 6. The zero-order chi connectivity index (χ0) is 25.6. The zero-order valence-electron chi connectivity index (χ0n) is 19.2. The number of amides is 3. The van der Waals surface area contributed by atoms with Crippen molar-refractivity contribution in [1.82, 2.24) is 9.80 Å². The quantitative estimate of drug-likeness (QED) is 0.254. The Hall–Kier alpha value is -3.47. The van der Waals surface area contributed by atoms with Gasteiger partial charge in [-0.2, -0.15) is 13.2 Å². The molecular weight excluding hydrogens is 481 g/mol. The maximum absolute atomic E-state index is 13.1. The number of methoxy groups -OCH3 is 1. The van der Waals surface area contributed by atoms with Gasteiger partial charge in [-0.3, -0.25) is 9.79 Å². The average Bonchev–Trinajstić information content (AvgIpc) is 3.03. The van der Waals surface area contributed by atoms with Crippen molar-refractivity contribution in [3.63, 3.8) is 0 Å². The van der Waals surface area contributed by atoms with E-state index in [0.29, 0.717) is 13.1 Å². The molecule has 0 aromatic heterocycles. The number of alkyl halides is 3. The first kappa shape index (κ1) is 26.1. The number of benzene rings is 2. The van der Waals surface area contributed by atoms with E-state index >= 15 is 0 Å². The van der Waals surface area contributed by atoms with E-state index in [-0.39, 0.29) is 28.9 Å². The predicted octanol–water partition coefficient (Wildman–Crippen LogP) is 5.14. The van der Waals surface area contributed by atoms with Gasteiger partial charge in [0, 0.05) is 36.9 Å². The van der Waals surface area contributed by atoms with Crippen LogP contribution in [0.4, 0.5) is 23.7 Å². The molecule has 1 atom stereocenters. The van der Waals surface area contributed by atoms with Gasteiger partial charge in [0.1, 0.15) is 11.8 Å². The minimum absolute atomic E-state index is 0.0259. The summed E-state index contributed by atoms with van der Waals surface area (Å²) in [5.74, 6) is 0.306. The third-order valence-corrected chi connectivity index (χ3v) is 6.11. The van der Waals surface area contributed by atoms with Gasteiger partial charge in [-0.25, -0.2) is 9.69 Å². The van der Waals surface area contributed by atoms with E-state index in [2.05, 4.69) is 11.7 Å². The van der Waals surface area contributed by atoms with E-state index in [1.165, 1.54) is 35.4 Å². The Morgan fingerprint density at radius 3 is 2.37 bits per heavy atom. The second-order valence-electron chi connectivity index (χ2n) is 7.67. The number of ether oxygens (including phenoxy) is 1. The second kappa shape index (κ2) is 11.3. The molecule has 0 bridgehead atoms. The molecule has 1 aliphatic rings. The van der Waals surface area contributed by atoms with Crippen LogP contribution in [-0.4, -0.2) is 60.2 Å². The maximum atomic E-state index is 13.1. The summed E-state index contributed by atoms with van der Waals surface area (Å²) in [5.41, 5.74) is -3.18. The Kier molecular flexibility index (Phi) is 8.44. The van der Waals surface area contributed by atoms with Crippen LogP contribution in [0.1, 0.15) is 12.5 Å². The predicted molar refractivity (Wildman–Crippen MR) is 129 cm³/mol. The molecule has 1 saturated heterocycles. The highest BCUT2D eigenvalue weighted by atomic mass is 32.2. The summed E-state index contributed by atoms with van der Waals surface area (Å²) in [6.07, 6.45) is 3.29. The first-order valence-electron chi connectivity index (χ1n) is 10.6. The third kappa shape index (κ3) is 6.78. The second-order valence-corrected chi connectivity index (χ2v) is 8.80. The van der Waals surface area contributed by atoms with Crippen molar-refractivity contribution in [1.29, 1.82) is 0 Å². The van der Waals surface area contributed by atoms with Crippen LogP contribution in [0, 0.1) is 0 Å². The van der Waals surface area contributed by atoms with Crippen LogP contribution < -0.4 is 9.64 Å². The standard InChI is InChI=1S/C24H25F3N4O3S/c1-17-22(32)31(19-6-10-21(11-7-19)35-24(25,26)27)23(33)30(17)15-14-29(13-12-28-2)16-18-4-8-20(34-3)9-5-18/h4-13,17H,2,14-16H2,1,3H3/b13-12-. The first-order chi connectivity index (χ1) is 16.6. The molecule has 1 fully saturated rings. The lowest BCUT2D eigenvalue weighted by molar-refractivity contribution is -0.119. The van der Waals surface area contributed by atoms with Crippen LogP contribution in [0.5, 0.6) is 5.75 Å². The normalized spacial score (nSPS) is 16.3. The summed E-state index contributed by atoms with van der Waals surface area (Å²) in [5, 5.41) is 0. The number of aliphatic imine (C=N–C) groups is 1. The molecular formula is C24H25F3N4O3S. The fourth-order valence-electron chi connectivity index (χ4n) is 3.58. The highest BCUT2D eigenvalue weighted by Crippen LogP contribution is 2.37. The summed E-state index contributed by atoms with van der Waals surface area (Å²) in [7, 11) is 1.59. The third-order valence-electron chi connectivity index (χ3n) is 5.37. The number of urea groups is 1. The largest absolute Gasteiger partial charge is 0.497 e. The van der Waals surface area contributed by atoms with Crippen molar-refractivity contribution in [2.45, 2.75) is 29.9 Å². The molecule has 0 saturated carbocycles. The van der Waals surface area contributed by atoms with Crippen molar-refractivity contribution in [3.05, 3.63) is 66.5 Å². The molecule has 1 heterocycles. The number of carbonyl (C=O) groups is 2. The number of anilines is 1. The Morgan fingerprint density at radius 2 is 1.80 bits per heavy atom. The molecule has 0 aliphatic carbocycles. The number of nitrogens with zero attached hydrogens (tertiary/aromatic N) is 4. The molecule has 2 aromatic rings. The summed E-state index contributed by atoms with van der Waals surface area (Å²) in [6, 6.07) is 11.5. The summed E-state index contributed by atoms with van der Waals surface area (Å²) in [6.45, 7) is 6.27. The molecule has 11 heteroatoms. The van der Waals surface area contributed by atoms with Crippen molar-refractivity contribution < 1.29 is 27.5 Å². The smallest absolute Gasteiger partial charge is 0.446 e. The molecule has 186 valence electrons. The molecule has 1 unspecified atom stereocenters. The van der Waals surface area contributed by atoms with Crippen molar-refractivity contribution in [2.75, 3.05) is 25.1 Å². The SMILES string of the molecule is C=N/C=C\N(CCN1C(=O)N(c2ccc(SC(F)(F)F)cc2)C(=O)C1C)Cc1ccc(OC)cc1. The van der Waals surface area contributed by atoms with Gasteiger partial charge in [0.05, 0.1) is 12.8 Å². The van der Waals surface area contributed by atoms with Gasteiger partial charge in [0.25, 0.3) is 5.91 Å². The molecule has 35 heavy (non-hydrogen) atoms. The lowest BCUT2D eigenvalue weighted by Gasteiger charge is -2.25. The van der Waals surface area contributed by atoms with Crippen molar-refractivity contribution in [3.8, 4) is 5.75 Å². The average molecular weight is 507 g/mol. The highest BCUT2D eigenvalue weighted by Gasteiger charge is 2.43. The molecule has 1 aliphatic heterocycles. The van der Waals surface area contributed by atoms with Crippen molar-refractivity contribution in [2.24, 2.45) is 4.99 Å². The number of imide groups is 1. The van der Waals surface area contributed by atoms with Gasteiger partial charge >= 0.3 is 11.5 Å². The van der Waals surface area contributed by atoms with E-state index in [1.807, 2.05) is 29.2 Å². The lowest BCUT2D eigenvalue weighted by Crippen LogP contribution is -2.39. The molecule has 3 rings (SSSR count).